The van der Waals surface area contributed by atoms with E-state index < -0.39 is 0 Å². The van der Waals surface area contributed by atoms with E-state index >= 15 is 0 Å². The number of hydrogen-bond acceptors (Lipinski definition) is 4. The fourth-order valence-electron chi connectivity index (χ4n) is 5.22. The average molecular weight is 480 g/mol. The Bertz CT molecular complexity index is 1340. The maximum Gasteiger partial charge on any atom is 0.123 e. The summed E-state index contributed by atoms with van der Waals surface area (Å²) in [6.07, 6.45) is 7.52. The molecule has 0 saturated heterocycles. The molecule has 1 N–H and O–H groups in total. The van der Waals surface area contributed by atoms with Gasteiger partial charge in [0.25, 0.3) is 0 Å². The summed E-state index contributed by atoms with van der Waals surface area (Å²) in [4.78, 5) is 4.48. The molecular weight excluding hydrogens is 446 g/mol. The summed E-state index contributed by atoms with van der Waals surface area (Å²) < 4.78 is 11.4. The highest BCUT2D eigenvalue weighted by Gasteiger charge is 2.22. The molecule has 4 heteroatoms. The molecule has 0 aliphatic carbocycles. The van der Waals surface area contributed by atoms with E-state index in [1.165, 1.54) is 29.4 Å². The molecule has 0 aromatic heterocycles. The van der Waals surface area contributed by atoms with Crippen LogP contribution in [-0.2, 0) is 0 Å². The van der Waals surface area contributed by atoms with Crippen molar-refractivity contribution in [1.29, 1.82) is 0 Å². The predicted octanol–water partition coefficient (Wildman–Crippen LogP) is 7.77. The lowest BCUT2D eigenvalue weighted by molar-refractivity contribution is 0.380. The first-order valence-electron chi connectivity index (χ1n) is 12.8. The van der Waals surface area contributed by atoms with Crippen molar-refractivity contribution in [3.05, 3.63) is 90.0 Å². The van der Waals surface area contributed by atoms with Gasteiger partial charge < -0.3 is 14.6 Å². The van der Waals surface area contributed by atoms with E-state index in [0.717, 1.165) is 53.8 Å². The number of aromatic hydroxyl groups is 1. The smallest absolute Gasteiger partial charge is 0.123 e. The van der Waals surface area contributed by atoms with E-state index in [9.17, 15) is 5.11 Å². The maximum atomic E-state index is 10.3. The Morgan fingerprint density at radius 1 is 0.889 bits per heavy atom. The number of ether oxygens (including phenoxy) is 2. The molecule has 0 saturated carbocycles. The number of phenolic OH excluding ortho intramolecular Hbond substituents is 1. The monoisotopic (exact) mass is 479 g/mol. The van der Waals surface area contributed by atoms with E-state index in [0.29, 0.717) is 6.61 Å². The Hall–Kier alpha value is -3.79. The molecule has 0 fully saturated rings. The van der Waals surface area contributed by atoms with Gasteiger partial charge in [-0.3, -0.25) is 4.99 Å². The number of phenols is 1. The Morgan fingerprint density at radius 3 is 2.58 bits per heavy atom. The molecule has 4 aromatic carbocycles. The lowest BCUT2D eigenvalue weighted by Crippen LogP contribution is -2.06. The fourth-order valence-corrected chi connectivity index (χ4v) is 5.22. The van der Waals surface area contributed by atoms with Crippen molar-refractivity contribution in [2.75, 3.05) is 20.3 Å². The van der Waals surface area contributed by atoms with Crippen LogP contribution in [0.4, 0.5) is 0 Å². The molecule has 6 rings (SSSR count). The van der Waals surface area contributed by atoms with Crippen molar-refractivity contribution in [2.24, 2.45) is 4.99 Å². The summed E-state index contributed by atoms with van der Waals surface area (Å²) in [5, 5.41) is 12.6. The van der Waals surface area contributed by atoms with Gasteiger partial charge in [0, 0.05) is 18.7 Å². The summed E-state index contributed by atoms with van der Waals surface area (Å²) in [6.45, 7) is 1.35. The zero-order valence-corrected chi connectivity index (χ0v) is 20.8. The van der Waals surface area contributed by atoms with Gasteiger partial charge in [-0.25, -0.2) is 0 Å². The van der Waals surface area contributed by atoms with Crippen LogP contribution in [0.25, 0.3) is 21.9 Å². The number of fused-ring (bicyclic) bond motifs is 12. The Kier molecular flexibility index (Phi) is 7.51. The third-order valence-corrected chi connectivity index (χ3v) is 7.04. The quantitative estimate of drug-likeness (QED) is 0.327. The van der Waals surface area contributed by atoms with Crippen LogP contribution in [0, 0.1) is 0 Å². The fraction of sp³-hybridized carbons (Fsp3) is 0.281. The Labute approximate surface area is 213 Å². The minimum Gasteiger partial charge on any atom is -0.508 e. The van der Waals surface area contributed by atoms with Crippen molar-refractivity contribution < 1.29 is 14.6 Å². The Morgan fingerprint density at radius 2 is 1.75 bits per heavy atom. The molecular formula is C32H33NO3. The molecule has 184 valence electrons. The minimum atomic E-state index is 0.204. The number of rotatable bonds is 3. The lowest BCUT2D eigenvalue weighted by atomic mass is 9.80. The lowest BCUT2D eigenvalue weighted by Gasteiger charge is -2.24. The van der Waals surface area contributed by atoms with Gasteiger partial charge in [0.2, 0.25) is 0 Å². The van der Waals surface area contributed by atoms with Crippen LogP contribution in [-0.4, -0.2) is 31.6 Å². The zero-order valence-electron chi connectivity index (χ0n) is 20.8. The molecule has 1 atom stereocenters. The summed E-state index contributed by atoms with van der Waals surface area (Å²) in [6, 6.07) is 26.8. The molecule has 4 nitrogen and oxygen atoms in total. The van der Waals surface area contributed by atoms with Crippen LogP contribution in [0.2, 0.25) is 0 Å². The second-order valence-electron chi connectivity index (χ2n) is 9.39. The van der Waals surface area contributed by atoms with Gasteiger partial charge in [-0.05, 0) is 82.3 Å². The number of methoxy groups -OCH3 is 1. The van der Waals surface area contributed by atoms with Gasteiger partial charge in [0.15, 0.2) is 0 Å². The highest BCUT2D eigenvalue weighted by atomic mass is 16.5. The molecule has 0 spiro atoms. The molecule has 0 amide bonds. The van der Waals surface area contributed by atoms with E-state index in [1.807, 2.05) is 24.4 Å². The molecule has 0 radical (unpaired) electrons. The third-order valence-electron chi connectivity index (χ3n) is 7.04. The number of benzene rings is 4. The van der Waals surface area contributed by atoms with Crippen LogP contribution in [0.3, 0.4) is 0 Å². The Balaban J connectivity index is 1.67. The summed E-state index contributed by atoms with van der Waals surface area (Å²) >= 11 is 0. The van der Waals surface area contributed by atoms with Crippen LogP contribution in [0.15, 0.2) is 83.9 Å². The first-order chi connectivity index (χ1) is 17.7. The largest absolute Gasteiger partial charge is 0.508 e. The second kappa shape index (κ2) is 11.3. The molecule has 4 aromatic rings. The van der Waals surface area contributed by atoms with Gasteiger partial charge in [0.1, 0.15) is 23.9 Å². The summed E-state index contributed by atoms with van der Waals surface area (Å²) in [5.74, 6) is 2.19. The topological polar surface area (TPSA) is 51.0 Å². The zero-order chi connectivity index (χ0) is 24.7. The van der Waals surface area contributed by atoms with Crippen molar-refractivity contribution in [3.8, 4) is 28.4 Å². The third kappa shape index (κ3) is 5.38. The van der Waals surface area contributed by atoms with Gasteiger partial charge in [-0.15, -0.1) is 0 Å². The molecule has 2 aliphatic heterocycles. The summed E-state index contributed by atoms with van der Waals surface area (Å²) in [7, 11) is 1.71. The first-order valence-corrected chi connectivity index (χ1v) is 12.8. The minimum absolute atomic E-state index is 0.204. The van der Waals surface area contributed by atoms with Crippen molar-refractivity contribution in [1.82, 2.24) is 0 Å². The maximum absolute atomic E-state index is 10.3. The first kappa shape index (κ1) is 23.9. The summed E-state index contributed by atoms with van der Waals surface area (Å²) in [5.41, 5.74) is 4.74. The highest BCUT2D eigenvalue weighted by Crippen LogP contribution is 2.42. The van der Waals surface area contributed by atoms with E-state index in [4.69, 9.17) is 9.47 Å². The van der Waals surface area contributed by atoms with Gasteiger partial charge in [-0.1, -0.05) is 61.7 Å². The van der Waals surface area contributed by atoms with E-state index in [-0.39, 0.29) is 11.7 Å². The van der Waals surface area contributed by atoms with Gasteiger partial charge in [0.05, 0.1) is 7.11 Å². The van der Waals surface area contributed by atoms with Crippen molar-refractivity contribution in [2.45, 2.75) is 38.0 Å². The van der Waals surface area contributed by atoms with Crippen LogP contribution >= 0.6 is 0 Å². The number of nitrogens with zero attached hydrogens (tertiary/aromatic N) is 1. The number of hydrogen-bond donors (Lipinski definition) is 1. The number of aliphatic imine (C=N–C) groups is 1. The van der Waals surface area contributed by atoms with Gasteiger partial charge >= 0.3 is 0 Å². The van der Waals surface area contributed by atoms with Crippen LogP contribution < -0.4 is 9.47 Å². The standard InChI is InChI=1S/C32H33NO3/c1-35-28-15-17-31-25(22-28)12-16-30(24-7-6-8-26(34)21-24)32(31)29-9-4-2-3-5-18-33-19-20-36-27-13-10-23(29)11-14-27/h6-8,10-17,19,21-22,29,34H,2-5,9,18,20H2,1H3. The highest BCUT2D eigenvalue weighted by molar-refractivity contribution is 5.94. The van der Waals surface area contributed by atoms with Crippen molar-refractivity contribution in [3.63, 3.8) is 0 Å². The van der Waals surface area contributed by atoms with E-state index in [1.54, 1.807) is 13.2 Å². The predicted molar refractivity (Wildman–Crippen MR) is 148 cm³/mol. The van der Waals surface area contributed by atoms with E-state index in [2.05, 4.69) is 59.6 Å². The SMILES string of the molecule is COc1ccc2c(C3CCCCCCN=CCOc4ccc3cc4)c(-c3cccc(O)c3)ccc2c1. The van der Waals surface area contributed by atoms with Crippen molar-refractivity contribution >= 4 is 17.0 Å². The van der Waals surface area contributed by atoms with Crippen LogP contribution in [0.5, 0.6) is 17.2 Å². The molecule has 36 heavy (non-hydrogen) atoms. The average Bonchev–Trinajstić information content (AvgIpc) is 2.92. The molecule has 2 heterocycles. The molecule has 2 aliphatic rings. The molecule has 1 unspecified atom stereocenters. The van der Waals surface area contributed by atoms with Gasteiger partial charge in [-0.2, -0.15) is 0 Å². The van der Waals surface area contributed by atoms with Crippen LogP contribution in [0.1, 0.15) is 49.1 Å². The second-order valence-corrected chi connectivity index (χ2v) is 9.39. The molecule has 2 bridgehead atoms. The normalized spacial score (nSPS) is 16.8.